The molecule has 1 atom stereocenters. The lowest BCUT2D eigenvalue weighted by Crippen LogP contribution is -2.34. The maximum Gasteiger partial charge on any atom is 0.225 e. The van der Waals surface area contributed by atoms with Crippen LogP contribution in [-0.4, -0.2) is 35.1 Å². The van der Waals surface area contributed by atoms with E-state index in [1.54, 1.807) is 4.90 Å². The largest absolute Gasteiger partial charge is 0.391 e. The molecule has 0 saturated carbocycles. The Bertz CT molecular complexity index is 178. The minimum Gasteiger partial charge on any atom is -0.391 e. The molecule has 0 aromatic heterocycles. The molecule has 0 unspecified atom stereocenters. The number of β-amino-alcohol motifs (C(OH)–C–C–N with tert-alkyl or cyclic N) is 1. The van der Waals surface area contributed by atoms with E-state index >= 15 is 0 Å². The van der Waals surface area contributed by atoms with Gasteiger partial charge in [0.05, 0.1) is 6.10 Å². The zero-order valence-electron chi connectivity index (χ0n) is 8.49. The lowest BCUT2D eigenvalue weighted by Gasteiger charge is -2.21. The SMILES string of the molecule is CCC(CC)C(=O)N1CC[C@@H](O)C1. The van der Waals surface area contributed by atoms with E-state index < -0.39 is 0 Å². The number of hydrogen-bond acceptors (Lipinski definition) is 2. The lowest BCUT2D eigenvalue weighted by atomic mass is 10.0. The minimum atomic E-state index is -0.293. The molecule has 0 aromatic carbocycles. The quantitative estimate of drug-likeness (QED) is 0.713. The number of carbonyl (C=O) groups is 1. The highest BCUT2D eigenvalue weighted by molar-refractivity contribution is 5.79. The summed E-state index contributed by atoms with van der Waals surface area (Å²) in [5, 5.41) is 9.28. The van der Waals surface area contributed by atoms with Crippen LogP contribution in [0.5, 0.6) is 0 Å². The summed E-state index contributed by atoms with van der Waals surface area (Å²) < 4.78 is 0. The molecule has 1 heterocycles. The van der Waals surface area contributed by atoms with Gasteiger partial charge in [0, 0.05) is 19.0 Å². The van der Waals surface area contributed by atoms with Crippen LogP contribution in [0.15, 0.2) is 0 Å². The molecule has 1 N–H and O–H groups in total. The summed E-state index contributed by atoms with van der Waals surface area (Å²) in [5.41, 5.74) is 0. The molecule has 76 valence electrons. The lowest BCUT2D eigenvalue weighted by molar-refractivity contribution is -0.135. The summed E-state index contributed by atoms with van der Waals surface area (Å²) in [6, 6.07) is 0. The van der Waals surface area contributed by atoms with Crippen LogP contribution in [0.3, 0.4) is 0 Å². The number of nitrogens with zero attached hydrogens (tertiary/aromatic N) is 1. The van der Waals surface area contributed by atoms with Crippen molar-refractivity contribution in [2.45, 2.75) is 39.2 Å². The first-order valence-corrected chi connectivity index (χ1v) is 5.15. The first-order valence-electron chi connectivity index (χ1n) is 5.15. The fraction of sp³-hybridized carbons (Fsp3) is 0.900. The Kier molecular flexibility index (Phi) is 3.72. The Labute approximate surface area is 79.7 Å². The molecule has 3 nitrogen and oxygen atoms in total. The normalized spacial score (nSPS) is 22.8. The molecule has 1 amide bonds. The third kappa shape index (κ3) is 2.44. The monoisotopic (exact) mass is 185 g/mol. The predicted octanol–water partition coefficient (Wildman–Crippen LogP) is 1.02. The molecule has 1 fully saturated rings. The zero-order valence-corrected chi connectivity index (χ0v) is 8.49. The highest BCUT2D eigenvalue weighted by atomic mass is 16.3. The zero-order chi connectivity index (χ0) is 9.84. The highest BCUT2D eigenvalue weighted by Gasteiger charge is 2.27. The van der Waals surface area contributed by atoms with Gasteiger partial charge in [-0.15, -0.1) is 0 Å². The molecular weight excluding hydrogens is 166 g/mol. The van der Waals surface area contributed by atoms with Gasteiger partial charge in [-0.25, -0.2) is 0 Å². The smallest absolute Gasteiger partial charge is 0.225 e. The highest BCUT2D eigenvalue weighted by Crippen LogP contribution is 2.16. The standard InChI is InChI=1S/C10H19NO2/c1-3-8(4-2)10(13)11-6-5-9(12)7-11/h8-9,12H,3-7H2,1-2H3/t9-/m1/s1. The fourth-order valence-corrected chi connectivity index (χ4v) is 1.84. The third-order valence-electron chi connectivity index (χ3n) is 2.81. The van der Waals surface area contributed by atoms with E-state index in [1.165, 1.54) is 0 Å². The predicted molar refractivity (Wildman–Crippen MR) is 51.3 cm³/mol. The summed E-state index contributed by atoms with van der Waals surface area (Å²) in [4.78, 5) is 13.6. The summed E-state index contributed by atoms with van der Waals surface area (Å²) in [6.45, 7) is 5.35. The second-order valence-corrected chi connectivity index (χ2v) is 3.74. The molecule has 0 radical (unpaired) electrons. The van der Waals surface area contributed by atoms with Crippen LogP contribution >= 0.6 is 0 Å². The van der Waals surface area contributed by atoms with Gasteiger partial charge in [0.25, 0.3) is 0 Å². The van der Waals surface area contributed by atoms with Gasteiger partial charge in [0.2, 0.25) is 5.91 Å². The van der Waals surface area contributed by atoms with Crippen molar-refractivity contribution in [2.24, 2.45) is 5.92 Å². The maximum atomic E-state index is 11.8. The second-order valence-electron chi connectivity index (χ2n) is 3.74. The average molecular weight is 185 g/mol. The molecule has 1 aliphatic heterocycles. The van der Waals surface area contributed by atoms with E-state index in [0.29, 0.717) is 6.54 Å². The van der Waals surface area contributed by atoms with E-state index in [0.717, 1.165) is 25.8 Å². The average Bonchev–Trinajstić information content (AvgIpc) is 2.54. The fourth-order valence-electron chi connectivity index (χ4n) is 1.84. The van der Waals surface area contributed by atoms with Crippen LogP contribution in [0.2, 0.25) is 0 Å². The van der Waals surface area contributed by atoms with E-state index in [4.69, 9.17) is 0 Å². The molecule has 0 spiro atoms. The van der Waals surface area contributed by atoms with Crippen molar-refractivity contribution < 1.29 is 9.90 Å². The molecule has 3 heteroatoms. The van der Waals surface area contributed by atoms with Crippen molar-refractivity contribution in [3.8, 4) is 0 Å². The number of aliphatic hydroxyl groups is 1. The van der Waals surface area contributed by atoms with Crippen LogP contribution in [0.4, 0.5) is 0 Å². The van der Waals surface area contributed by atoms with E-state index in [2.05, 4.69) is 0 Å². The molecule has 13 heavy (non-hydrogen) atoms. The van der Waals surface area contributed by atoms with Gasteiger partial charge in [0.15, 0.2) is 0 Å². The minimum absolute atomic E-state index is 0.158. The molecule has 0 aromatic rings. The van der Waals surface area contributed by atoms with Crippen molar-refractivity contribution in [1.29, 1.82) is 0 Å². The van der Waals surface area contributed by atoms with Gasteiger partial charge in [-0.3, -0.25) is 4.79 Å². The third-order valence-corrected chi connectivity index (χ3v) is 2.81. The van der Waals surface area contributed by atoms with E-state index in [-0.39, 0.29) is 17.9 Å². The number of aliphatic hydroxyl groups excluding tert-OH is 1. The second kappa shape index (κ2) is 4.61. The van der Waals surface area contributed by atoms with Crippen LogP contribution in [0, 0.1) is 5.92 Å². The van der Waals surface area contributed by atoms with E-state index in [1.807, 2.05) is 13.8 Å². The molecular formula is C10H19NO2. The summed E-state index contributed by atoms with van der Waals surface area (Å²) in [7, 11) is 0. The Hall–Kier alpha value is -0.570. The van der Waals surface area contributed by atoms with Crippen molar-refractivity contribution in [3.63, 3.8) is 0 Å². The molecule has 1 saturated heterocycles. The van der Waals surface area contributed by atoms with Crippen molar-refractivity contribution in [1.82, 2.24) is 4.90 Å². The number of likely N-dealkylation sites (tertiary alicyclic amines) is 1. The van der Waals surface area contributed by atoms with Gasteiger partial charge < -0.3 is 10.0 Å². The topological polar surface area (TPSA) is 40.5 Å². The van der Waals surface area contributed by atoms with E-state index in [9.17, 15) is 9.90 Å². The van der Waals surface area contributed by atoms with Gasteiger partial charge in [-0.1, -0.05) is 13.8 Å². The molecule has 1 rings (SSSR count). The summed E-state index contributed by atoms with van der Waals surface area (Å²) >= 11 is 0. The Balaban J connectivity index is 2.47. The summed E-state index contributed by atoms with van der Waals surface area (Å²) in [6.07, 6.45) is 2.26. The van der Waals surface area contributed by atoms with Gasteiger partial charge >= 0.3 is 0 Å². The van der Waals surface area contributed by atoms with Crippen molar-refractivity contribution >= 4 is 5.91 Å². The van der Waals surface area contributed by atoms with Crippen LogP contribution in [-0.2, 0) is 4.79 Å². The van der Waals surface area contributed by atoms with Crippen LogP contribution in [0.1, 0.15) is 33.1 Å². The molecule has 1 aliphatic rings. The number of rotatable bonds is 3. The maximum absolute atomic E-state index is 11.8. The summed E-state index contributed by atoms with van der Waals surface area (Å²) in [5.74, 6) is 0.381. The van der Waals surface area contributed by atoms with Gasteiger partial charge in [-0.05, 0) is 19.3 Å². The van der Waals surface area contributed by atoms with Crippen LogP contribution in [0.25, 0.3) is 0 Å². The number of amides is 1. The first-order chi connectivity index (χ1) is 6.19. The van der Waals surface area contributed by atoms with Gasteiger partial charge in [0.1, 0.15) is 0 Å². The Morgan fingerprint density at radius 2 is 2.15 bits per heavy atom. The van der Waals surface area contributed by atoms with Crippen molar-refractivity contribution in [2.75, 3.05) is 13.1 Å². The van der Waals surface area contributed by atoms with Crippen LogP contribution < -0.4 is 0 Å². The Morgan fingerprint density at radius 1 is 1.54 bits per heavy atom. The van der Waals surface area contributed by atoms with Gasteiger partial charge in [-0.2, -0.15) is 0 Å². The van der Waals surface area contributed by atoms with Crippen molar-refractivity contribution in [3.05, 3.63) is 0 Å². The number of hydrogen-bond donors (Lipinski definition) is 1. The first kappa shape index (κ1) is 10.5. The molecule has 0 bridgehead atoms. The Morgan fingerprint density at radius 3 is 2.54 bits per heavy atom. The molecule has 0 aliphatic carbocycles. The number of carbonyl (C=O) groups excluding carboxylic acids is 1.